The van der Waals surface area contributed by atoms with E-state index in [9.17, 15) is 8.42 Å². The fraction of sp³-hybridized carbons (Fsp3) is 1.00. The summed E-state index contributed by atoms with van der Waals surface area (Å²) < 4.78 is 27.9. The Morgan fingerprint density at radius 3 is 2.06 bits per heavy atom. The lowest BCUT2D eigenvalue weighted by molar-refractivity contribution is 0.307. The molecule has 2 heterocycles. The monoisotopic (exact) mass is 283 g/mol. The SMILES string of the molecule is Cl.O=S(=O)(N1CCCCC1)N1CCCNCC1. The van der Waals surface area contributed by atoms with E-state index in [1.807, 2.05) is 0 Å². The van der Waals surface area contributed by atoms with Crippen molar-refractivity contribution in [1.29, 1.82) is 0 Å². The molecule has 17 heavy (non-hydrogen) atoms. The van der Waals surface area contributed by atoms with Gasteiger partial charge in [-0.15, -0.1) is 12.4 Å². The lowest BCUT2D eigenvalue weighted by Crippen LogP contribution is -2.47. The second-order valence-corrected chi connectivity index (χ2v) is 6.40. The Morgan fingerprint density at radius 1 is 0.765 bits per heavy atom. The largest absolute Gasteiger partial charge is 0.315 e. The van der Waals surface area contributed by atoms with E-state index in [-0.39, 0.29) is 12.4 Å². The summed E-state index contributed by atoms with van der Waals surface area (Å²) >= 11 is 0. The number of nitrogens with zero attached hydrogens (tertiary/aromatic N) is 2. The molecule has 0 radical (unpaired) electrons. The van der Waals surface area contributed by atoms with Crippen LogP contribution in [0.15, 0.2) is 0 Å². The first-order chi connectivity index (χ1) is 7.71. The highest BCUT2D eigenvalue weighted by molar-refractivity contribution is 7.86. The van der Waals surface area contributed by atoms with Crippen LogP contribution in [0, 0.1) is 0 Å². The van der Waals surface area contributed by atoms with Gasteiger partial charge >= 0.3 is 0 Å². The molecule has 0 aromatic carbocycles. The molecule has 0 aromatic rings. The van der Waals surface area contributed by atoms with E-state index in [1.54, 1.807) is 8.61 Å². The summed E-state index contributed by atoms with van der Waals surface area (Å²) in [5.41, 5.74) is 0. The van der Waals surface area contributed by atoms with Crippen LogP contribution in [0.25, 0.3) is 0 Å². The highest BCUT2D eigenvalue weighted by Crippen LogP contribution is 2.16. The van der Waals surface area contributed by atoms with E-state index >= 15 is 0 Å². The topological polar surface area (TPSA) is 52.7 Å². The molecule has 0 atom stereocenters. The number of nitrogens with one attached hydrogen (secondary N) is 1. The van der Waals surface area contributed by atoms with Gasteiger partial charge in [0.05, 0.1) is 0 Å². The Hall–Kier alpha value is 0.120. The van der Waals surface area contributed by atoms with Gasteiger partial charge in [-0.2, -0.15) is 17.0 Å². The van der Waals surface area contributed by atoms with Gasteiger partial charge in [-0.3, -0.25) is 0 Å². The minimum absolute atomic E-state index is 0. The van der Waals surface area contributed by atoms with Crippen molar-refractivity contribution in [2.24, 2.45) is 0 Å². The summed E-state index contributed by atoms with van der Waals surface area (Å²) in [7, 11) is -3.18. The minimum Gasteiger partial charge on any atom is -0.315 e. The molecule has 0 spiro atoms. The van der Waals surface area contributed by atoms with Gasteiger partial charge < -0.3 is 5.32 Å². The van der Waals surface area contributed by atoms with E-state index < -0.39 is 10.2 Å². The van der Waals surface area contributed by atoms with Crippen molar-refractivity contribution in [1.82, 2.24) is 13.9 Å². The summed E-state index contributed by atoms with van der Waals surface area (Å²) in [6, 6.07) is 0. The number of rotatable bonds is 2. The first kappa shape index (κ1) is 15.2. The van der Waals surface area contributed by atoms with Crippen LogP contribution >= 0.6 is 12.4 Å². The minimum atomic E-state index is -3.18. The molecule has 5 nitrogen and oxygen atoms in total. The van der Waals surface area contributed by atoms with E-state index in [0.717, 1.165) is 38.8 Å². The van der Waals surface area contributed by atoms with E-state index in [1.165, 1.54) is 0 Å². The third-order valence-electron chi connectivity index (χ3n) is 3.27. The number of hydrogen-bond acceptors (Lipinski definition) is 3. The van der Waals surface area contributed by atoms with Crippen LogP contribution in [0.3, 0.4) is 0 Å². The third-order valence-corrected chi connectivity index (χ3v) is 5.30. The molecule has 2 aliphatic heterocycles. The molecule has 2 aliphatic rings. The quantitative estimate of drug-likeness (QED) is 0.800. The van der Waals surface area contributed by atoms with Crippen molar-refractivity contribution in [2.45, 2.75) is 25.7 Å². The maximum absolute atomic E-state index is 12.3. The Labute approximate surface area is 110 Å². The first-order valence-electron chi connectivity index (χ1n) is 6.17. The molecular weight excluding hydrogens is 262 g/mol. The van der Waals surface area contributed by atoms with Gasteiger partial charge in [0.1, 0.15) is 0 Å². The maximum atomic E-state index is 12.3. The second-order valence-electron chi connectivity index (χ2n) is 4.47. The fourth-order valence-corrected chi connectivity index (χ4v) is 4.04. The molecule has 0 saturated carbocycles. The molecular formula is C10H22ClN3O2S. The predicted molar refractivity (Wildman–Crippen MR) is 70.7 cm³/mol. The van der Waals surface area contributed by atoms with Gasteiger partial charge in [0.25, 0.3) is 10.2 Å². The van der Waals surface area contributed by atoms with Crippen molar-refractivity contribution in [3.8, 4) is 0 Å². The number of halogens is 1. The van der Waals surface area contributed by atoms with Crippen LogP contribution < -0.4 is 5.32 Å². The van der Waals surface area contributed by atoms with Crippen LogP contribution in [0.1, 0.15) is 25.7 Å². The van der Waals surface area contributed by atoms with Crippen LogP contribution in [0.4, 0.5) is 0 Å². The van der Waals surface area contributed by atoms with E-state index in [4.69, 9.17) is 0 Å². The molecule has 7 heteroatoms. The zero-order chi connectivity index (χ0) is 11.4. The fourth-order valence-electron chi connectivity index (χ4n) is 2.31. The molecule has 1 N–H and O–H groups in total. The second kappa shape index (κ2) is 6.89. The average molecular weight is 284 g/mol. The molecule has 2 rings (SSSR count). The van der Waals surface area contributed by atoms with Crippen LogP contribution in [0.2, 0.25) is 0 Å². The highest BCUT2D eigenvalue weighted by Gasteiger charge is 2.30. The van der Waals surface area contributed by atoms with Crippen molar-refractivity contribution < 1.29 is 8.42 Å². The smallest absolute Gasteiger partial charge is 0.282 e. The third kappa shape index (κ3) is 3.79. The van der Waals surface area contributed by atoms with Gasteiger partial charge in [-0.05, 0) is 25.8 Å². The van der Waals surface area contributed by atoms with E-state index in [2.05, 4.69) is 5.32 Å². The first-order valence-corrected chi connectivity index (χ1v) is 7.57. The van der Waals surface area contributed by atoms with Crippen LogP contribution in [-0.2, 0) is 10.2 Å². The van der Waals surface area contributed by atoms with Crippen molar-refractivity contribution in [2.75, 3.05) is 39.3 Å². The van der Waals surface area contributed by atoms with Crippen LogP contribution in [0.5, 0.6) is 0 Å². The summed E-state index contributed by atoms with van der Waals surface area (Å²) in [5, 5.41) is 3.23. The molecule has 102 valence electrons. The Kier molecular flexibility index (Phi) is 6.16. The van der Waals surface area contributed by atoms with Gasteiger partial charge in [0, 0.05) is 32.7 Å². The number of piperidine rings is 1. The van der Waals surface area contributed by atoms with Gasteiger partial charge in [-0.1, -0.05) is 6.42 Å². The average Bonchev–Trinajstić information content (AvgIpc) is 2.59. The molecule has 0 aromatic heterocycles. The van der Waals surface area contributed by atoms with Gasteiger partial charge in [-0.25, -0.2) is 0 Å². The summed E-state index contributed by atoms with van der Waals surface area (Å²) in [4.78, 5) is 0. The molecule has 0 unspecified atom stereocenters. The number of hydrogen-bond donors (Lipinski definition) is 1. The standard InChI is InChI=1S/C10H21N3O2S.ClH/c14-16(15,12-7-2-1-3-8-12)13-9-4-5-11-6-10-13;/h11H,1-10H2;1H. The lowest BCUT2D eigenvalue weighted by Gasteiger charge is -2.31. The van der Waals surface area contributed by atoms with Crippen LogP contribution in [-0.4, -0.2) is 56.3 Å². The van der Waals surface area contributed by atoms with Crippen molar-refractivity contribution in [3.05, 3.63) is 0 Å². The predicted octanol–water partition coefficient (Wildman–Crippen LogP) is 0.434. The highest BCUT2D eigenvalue weighted by atomic mass is 35.5. The zero-order valence-electron chi connectivity index (χ0n) is 10.1. The molecule has 2 saturated heterocycles. The summed E-state index contributed by atoms with van der Waals surface area (Å²) in [5.74, 6) is 0. The summed E-state index contributed by atoms with van der Waals surface area (Å²) in [6.45, 7) is 4.36. The maximum Gasteiger partial charge on any atom is 0.282 e. The van der Waals surface area contributed by atoms with Gasteiger partial charge in [0.2, 0.25) is 0 Å². The van der Waals surface area contributed by atoms with Crippen molar-refractivity contribution >= 4 is 22.6 Å². The summed E-state index contributed by atoms with van der Waals surface area (Å²) in [6.07, 6.45) is 4.08. The Morgan fingerprint density at radius 2 is 1.35 bits per heavy atom. The lowest BCUT2D eigenvalue weighted by atomic mass is 10.2. The Bertz CT molecular complexity index is 310. The molecule has 2 fully saturated rings. The normalized spacial score (nSPS) is 24.9. The molecule has 0 amide bonds. The van der Waals surface area contributed by atoms with Gasteiger partial charge in [0.15, 0.2) is 0 Å². The molecule has 0 aliphatic carbocycles. The zero-order valence-corrected chi connectivity index (χ0v) is 11.7. The Balaban J connectivity index is 0.00000144. The van der Waals surface area contributed by atoms with E-state index in [0.29, 0.717) is 26.2 Å². The molecule has 0 bridgehead atoms. The van der Waals surface area contributed by atoms with Crippen molar-refractivity contribution in [3.63, 3.8) is 0 Å².